The van der Waals surface area contributed by atoms with Gasteiger partial charge in [0.25, 0.3) is 0 Å². The third-order valence-corrected chi connectivity index (χ3v) is 4.82. The van der Waals surface area contributed by atoms with Crippen LogP contribution in [0.2, 0.25) is 0 Å². The number of unbranched alkanes of at least 4 members (excludes halogenated alkanes) is 3. The normalized spacial score (nSPS) is 11.0. The highest BCUT2D eigenvalue weighted by atomic mass is 16.5. The van der Waals surface area contributed by atoms with Gasteiger partial charge in [0.1, 0.15) is 12.3 Å². The zero-order valence-corrected chi connectivity index (χ0v) is 19.4. The van der Waals surface area contributed by atoms with Crippen molar-refractivity contribution in [2.45, 2.75) is 45.3 Å². The van der Waals surface area contributed by atoms with E-state index in [1.807, 2.05) is 24.3 Å². The molecule has 0 saturated carbocycles. The summed E-state index contributed by atoms with van der Waals surface area (Å²) in [5.41, 5.74) is 2.20. The maximum absolute atomic E-state index is 11.7. The Labute approximate surface area is 199 Å². The molecule has 0 aliphatic carbocycles. The Balaban J connectivity index is 1.42. The minimum absolute atomic E-state index is 0.0199. The number of aliphatic hydroxyl groups is 1. The average molecular weight is 479 g/mol. The number of ether oxygens (including phenoxy) is 3. The van der Waals surface area contributed by atoms with Crippen LogP contribution in [-0.2, 0) is 37.0 Å². The second-order valence-electron chi connectivity index (χ2n) is 7.57. The summed E-state index contributed by atoms with van der Waals surface area (Å²) in [6.07, 6.45) is 5.17. The number of carboxylic acids is 1. The molecular formula is C23H34N4O7. The van der Waals surface area contributed by atoms with Crippen molar-refractivity contribution in [3.8, 4) is 5.69 Å². The van der Waals surface area contributed by atoms with Crippen LogP contribution in [0.3, 0.4) is 0 Å². The second-order valence-corrected chi connectivity index (χ2v) is 7.57. The number of para-hydroxylation sites is 1. The number of hydrogen-bond acceptors (Lipinski definition) is 8. The van der Waals surface area contributed by atoms with E-state index in [1.165, 1.54) is 0 Å². The second kappa shape index (κ2) is 16.7. The highest BCUT2D eigenvalue weighted by Crippen LogP contribution is 2.13. The van der Waals surface area contributed by atoms with Gasteiger partial charge >= 0.3 is 5.97 Å². The number of aliphatic hydroxyl groups excluding tert-OH is 1. The smallest absolute Gasteiger partial charge is 0.303 e. The Hall–Kier alpha value is -2.86. The standard InChI is InChI=1S/C23H34N4O7/c28-16-19-7-4-5-8-21(19)27-15-20(25-26-27)17-33-13-11-32-12-14-34-18-22(29)24-10-6-2-1-3-9-23(30)31/h4-5,7-8,15,28H,1-3,6,9-14,16-18H2,(H,24,29)(H,30,31). The number of carbonyl (C=O) groups is 2. The van der Waals surface area contributed by atoms with Crippen LogP contribution in [0, 0.1) is 0 Å². The lowest BCUT2D eigenvalue weighted by atomic mass is 10.1. The van der Waals surface area contributed by atoms with Crippen molar-refractivity contribution in [3.63, 3.8) is 0 Å². The van der Waals surface area contributed by atoms with Gasteiger partial charge in [0, 0.05) is 18.5 Å². The highest BCUT2D eigenvalue weighted by molar-refractivity contribution is 5.77. The van der Waals surface area contributed by atoms with Gasteiger partial charge in [-0.2, -0.15) is 0 Å². The van der Waals surface area contributed by atoms with Gasteiger partial charge < -0.3 is 29.7 Å². The van der Waals surface area contributed by atoms with Crippen molar-refractivity contribution in [1.29, 1.82) is 0 Å². The molecule has 34 heavy (non-hydrogen) atoms. The Morgan fingerprint density at radius 1 is 0.971 bits per heavy atom. The number of hydrogen-bond donors (Lipinski definition) is 3. The molecular weight excluding hydrogens is 444 g/mol. The minimum atomic E-state index is -0.773. The molecule has 2 rings (SSSR count). The summed E-state index contributed by atoms with van der Waals surface area (Å²) < 4.78 is 17.8. The minimum Gasteiger partial charge on any atom is -0.481 e. The van der Waals surface area contributed by atoms with Crippen LogP contribution < -0.4 is 5.32 Å². The molecule has 0 radical (unpaired) electrons. The molecule has 0 unspecified atom stereocenters. The number of carboxylic acid groups (broad SMARTS) is 1. The zero-order valence-electron chi connectivity index (χ0n) is 19.4. The van der Waals surface area contributed by atoms with E-state index in [9.17, 15) is 14.7 Å². The number of aliphatic carboxylic acids is 1. The van der Waals surface area contributed by atoms with Crippen LogP contribution in [0.15, 0.2) is 30.5 Å². The number of aromatic nitrogens is 3. The molecule has 11 heteroatoms. The predicted octanol–water partition coefficient (Wildman–Crippen LogP) is 1.46. The van der Waals surface area contributed by atoms with Gasteiger partial charge in [-0.3, -0.25) is 9.59 Å². The van der Waals surface area contributed by atoms with Crippen LogP contribution in [0.25, 0.3) is 5.69 Å². The first kappa shape index (κ1) is 27.4. The lowest BCUT2D eigenvalue weighted by Crippen LogP contribution is -2.29. The van der Waals surface area contributed by atoms with Crippen molar-refractivity contribution in [3.05, 3.63) is 41.7 Å². The van der Waals surface area contributed by atoms with Crippen molar-refractivity contribution in [1.82, 2.24) is 20.3 Å². The number of carbonyl (C=O) groups excluding carboxylic acids is 1. The predicted molar refractivity (Wildman–Crippen MR) is 122 cm³/mol. The first-order chi connectivity index (χ1) is 16.6. The summed E-state index contributed by atoms with van der Waals surface area (Å²) in [7, 11) is 0. The van der Waals surface area contributed by atoms with Gasteiger partial charge in [-0.1, -0.05) is 36.3 Å². The molecule has 11 nitrogen and oxygen atoms in total. The summed E-state index contributed by atoms with van der Waals surface area (Å²) in [4.78, 5) is 22.1. The summed E-state index contributed by atoms with van der Waals surface area (Å²) in [5, 5.41) is 28.9. The molecule has 0 bridgehead atoms. The number of nitrogens with zero attached hydrogens (tertiary/aromatic N) is 3. The van der Waals surface area contributed by atoms with Gasteiger partial charge in [0.15, 0.2) is 0 Å². The average Bonchev–Trinajstić information content (AvgIpc) is 3.31. The molecule has 0 atom stereocenters. The summed E-state index contributed by atoms with van der Waals surface area (Å²) >= 11 is 0. The molecule has 1 heterocycles. The molecule has 2 aromatic rings. The molecule has 1 aromatic heterocycles. The van der Waals surface area contributed by atoms with E-state index in [0.29, 0.717) is 51.7 Å². The number of rotatable bonds is 19. The largest absolute Gasteiger partial charge is 0.481 e. The van der Waals surface area contributed by atoms with E-state index in [2.05, 4.69) is 15.6 Å². The fraction of sp³-hybridized carbons (Fsp3) is 0.565. The molecule has 0 fully saturated rings. The fourth-order valence-electron chi connectivity index (χ4n) is 3.06. The van der Waals surface area contributed by atoms with E-state index in [-0.39, 0.29) is 25.5 Å². The Bertz CT molecular complexity index is 859. The van der Waals surface area contributed by atoms with Crippen LogP contribution in [-0.4, -0.2) is 76.7 Å². The summed E-state index contributed by atoms with van der Waals surface area (Å²) in [5.74, 6) is -0.950. The first-order valence-electron chi connectivity index (χ1n) is 11.4. The Kier molecular flexibility index (Phi) is 13.5. The summed E-state index contributed by atoms with van der Waals surface area (Å²) in [6.45, 7) is 2.19. The molecule has 3 N–H and O–H groups in total. The highest BCUT2D eigenvalue weighted by Gasteiger charge is 2.07. The Morgan fingerprint density at radius 2 is 1.71 bits per heavy atom. The van der Waals surface area contributed by atoms with Gasteiger partial charge in [-0.05, 0) is 18.9 Å². The van der Waals surface area contributed by atoms with Crippen molar-refractivity contribution in [2.75, 3.05) is 39.6 Å². The quantitative estimate of drug-likeness (QED) is 0.255. The van der Waals surface area contributed by atoms with Crippen molar-refractivity contribution in [2.24, 2.45) is 0 Å². The summed E-state index contributed by atoms with van der Waals surface area (Å²) in [6, 6.07) is 7.41. The molecule has 0 aliphatic heterocycles. The van der Waals surface area contributed by atoms with E-state index >= 15 is 0 Å². The van der Waals surface area contributed by atoms with Crippen LogP contribution in [0.1, 0.15) is 43.4 Å². The molecule has 1 aromatic carbocycles. The molecule has 0 saturated heterocycles. The fourth-order valence-corrected chi connectivity index (χ4v) is 3.06. The van der Waals surface area contributed by atoms with Crippen LogP contribution >= 0.6 is 0 Å². The lowest BCUT2D eigenvalue weighted by molar-refractivity contribution is -0.137. The topological polar surface area (TPSA) is 145 Å². The Morgan fingerprint density at radius 3 is 2.50 bits per heavy atom. The molecule has 1 amide bonds. The third-order valence-electron chi connectivity index (χ3n) is 4.82. The monoisotopic (exact) mass is 478 g/mol. The van der Waals surface area contributed by atoms with Crippen LogP contribution in [0.5, 0.6) is 0 Å². The maximum Gasteiger partial charge on any atom is 0.303 e. The number of amides is 1. The molecule has 188 valence electrons. The molecule has 0 spiro atoms. The first-order valence-corrected chi connectivity index (χ1v) is 11.4. The lowest BCUT2D eigenvalue weighted by Gasteiger charge is -2.07. The zero-order chi connectivity index (χ0) is 24.4. The van der Waals surface area contributed by atoms with Gasteiger partial charge in [0.2, 0.25) is 5.91 Å². The van der Waals surface area contributed by atoms with E-state index in [1.54, 1.807) is 10.9 Å². The molecule has 0 aliphatic rings. The van der Waals surface area contributed by atoms with Crippen LogP contribution in [0.4, 0.5) is 0 Å². The van der Waals surface area contributed by atoms with E-state index in [4.69, 9.17) is 19.3 Å². The van der Waals surface area contributed by atoms with Gasteiger partial charge in [-0.25, -0.2) is 4.68 Å². The van der Waals surface area contributed by atoms with Gasteiger partial charge in [-0.15, -0.1) is 5.10 Å². The number of nitrogens with one attached hydrogen (secondary N) is 1. The third kappa shape index (κ3) is 11.3. The maximum atomic E-state index is 11.7. The van der Waals surface area contributed by atoms with E-state index in [0.717, 1.165) is 30.5 Å². The van der Waals surface area contributed by atoms with Gasteiger partial charge in [0.05, 0.1) is 51.5 Å². The van der Waals surface area contributed by atoms with E-state index < -0.39 is 5.97 Å². The number of benzene rings is 1. The van der Waals surface area contributed by atoms with Crippen molar-refractivity contribution < 1.29 is 34.0 Å². The van der Waals surface area contributed by atoms with Crippen molar-refractivity contribution >= 4 is 11.9 Å². The SMILES string of the molecule is O=C(O)CCCCCCNC(=O)COCCOCCOCc1cn(-c2ccccc2CO)nn1.